The van der Waals surface area contributed by atoms with Gasteiger partial charge >= 0.3 is 0 Å². The van der Waals surface area contributed by atoms with Crippen molar-refractivity contribution in [3.63, 3.8) is 0 Å². The normalized spacial score (nSPS) is 29.0. The van der Waals surface area contributed by atoms with Crippen LogP contribution in [0.3, 0.4) is 0 Å². The van der Waals surface area contributed by atoms with Gasteiger partial charge in [0, 0.05) is 49.5 Å². The van der Waals surface area contributed by atoms with Crippen LogP contribution in [0.1, 0.15) is 60.5 Å². The van der Waals surface area contributed by atoms with E-state index in [0.717, 1.165) is 61.7 Å². The predicted octanol–water partition coefficient (Wildman–Crippen LogP) is 6.87. The molecule has 286 valence electrons. The third-order valence-electron chi connectivity index (χ3n) is 11.7. The molecule has 1 amide bonds. The number of hydrogen-bond acceptors (Lipinski definition) is 9. The number of carbonyl (C=O) groups excluding carboxylic acids is 1. The Labute approximate surface area is 321 Å². The summed E-state index contributed by atoms with van der Waals surface area (Å²) >= 11 is 6.48. The number of nitrogens with one attached hydrogen (secondary N) is 1. The van der Waals surface area contributed by atoms with E-state index >= 15 is 0 Å². The molecule has 0 saturated heterocycles. The van der Waals surface area contributed by atoms with Crippen LogP contribution in [0.25, 0.3) is 11.0 Å². The molecule has 2 aliphatic carbocycles. The molecule has 12 nitrogen and oxygen atoms in total. The van der Waals surface area contributed by atoms with Crippen LogP contribution in [0.4, 0.5) is 11.5 Å². The number of allylic oxidation sites excluding steroid dienone is 1. The van der Waals surface area contributed by atoms with Crippen LogP contribution in [0, 0.1) is 17.8 Å². The molecule has 1 spiro atoms. The lowest BCUT2D eigenvalue weighted by Crippen LogP contribution is -2.49. The van der Waals surface area contributed by atoms with Gasteiger partial charge < -0.3 is 19.1 Å². The first-order chi connectivity index (χ1) is 26.2. The molecule has 2 aliphatic heterocycles. The minimum atomic E-state index is -3.39. The Hall–Kier alpha value is -4.04. The molecule has 1 saturated carbocycles. The number of carbonyl (C=O) groups is 1. The highest BCUT2D eigenvalue weighted by Crippen LogP contribution is 2.47. The van der Waals surface area contributed by atoms with E-state index in [-0.39, 0.29) is 23.2 Å². The Morgan fingerprint density at radius 3 is 2.85 bits per heavy atom. The van der Waals surface area contributed by atoms with Crippen LogP contribution < -0.4 is 14.4 Å². The summed E-state index contributed by atoms with van der Waals surface area (Å²) in [5, 5.41) is 5.85. The highest BCUT2D eigenvalue weighted by atomic mass is 35.5. The highest BCUT2D eigenvalue weighted by molar-refractivity contribution is 7.95. The Bertz CT molecular complexity index is 2200. The molecule has 0 radical (unpaired) electrons. The topological polar surface area (TPSA) is 133 Å². The Morgan fingerprint density at radius 2 is 2.04 bits per heavy atom. The number of fused-ring (bicyclic) bond motifs is 5. The zero-order valence-electron chi connectivity index (χ0n) is 31.1. The van der Waals surface area contributed by atoms with Crippen molar-refractivity contribution >= 4 is 50.0 Å². The third-order valence-corrected chi connectivity index (χ3v) is 13.9. The van der Waals surface area contributed by atoms with Crippen molar-refractivity contribution in [1.82, 2.24) is 19.7 Å². The molecule has 8 rings (SSSR count). The second-order valence-electron chi connectivity index (χ2n) is 15.4. The Balaban J connectivity index is 1.20. The van der Waals surface area contributed by atoms with Crippen molar-refractivity contribution in [2.75, 3.05) is 55.9 Å². The first kappa shape index (κ1) is 36.9. The first-order valence-corrected chi connectivity index (χ1v) is 21.0. The molecule has 2 aromatic heterocycles. The maximum atomic E-state index is 14.9. The number of halogens is 1. The number of hydrogen-bond donors (Lipinski definition) is 1. The molecule has 14 heteroatoms. The van der Waals surface area contributed by atoms with Crippen molar-refractivity contribution < 1.29 is 23.2 Å². The molecular weight excluding hydrogens is 726 g/mol. The van der Waals surface area contributed by atoms with Gasteiger partial charge in [-0.25, -0.2) is 14.2 Å². The second-order valence-corrected chi connectivity index (χ2v) is 17.8. The largest absolute Gasteiger partial charge is 0.490 e. The molecule has 1 N–H and O–H groups in total. The maximum absolute atomic E-state index is 14.9. The van der Waals surface area contributed by atoms with Crippen LogP contribution >= 0.6 is 11.6 Å². The van der Waals surface area contributed by atoms with Gasteiger partial charge in [0.1, 0.15) is 22.0 Å². The number of anilines is 2. The number of rotatable bonds is 6. The fraction of sp³-hybridized carbons (Fsp3) is 0.500. The van der Waals surface area contributed by atoms with Crippen molar-refractivity contribution in [3.05, 3.63) is 82.8 Å². The molecule has 1 fully saturated rings. The van der Waals surface area contributed by atoms with Crippen molar-refractivity contribution in [3.8, 4) is 5.75 Å². The lowest BCUT2D eigenvalue weighted by Gasteiger charge is -2.46. The Kier molecular flexibility index (Phi) is 10.4. The summed E-state index contributed by atoms with van der Waals surface area (Å²) in [5.74, 6) is 1.25. The molecule has 2 bridgehead atoms. The zero-order chi connectivity index (χ0) is 37.5. The third kappa shape index (κ3) is 7.35. The summed E-state index contributed by atoms with van der Waals surface area (Å²) in [6.07, 6.45) is 13.2. The van der Waals surface area contributed by atoms with Crippen molar-refractivity contribution in [2.45, 2.75) is 63.5 Å². The van der Waals surface area contributed by atoms with E-state index in [1.807, 2.05) is 25.1 Å². The number of ether oxygens (including phenoxy) is 3. The SMILES string of the molecule is COCCn1cc2c(N[S@@]3(=O)=NC(=O)c4ccc5c(c4)N(C[C@@H]4CC[C@H]4[C@@H](OC)/C=C/C[C@H](C)C3)C[C@@]3(CCCc4cc(Cl)ccc43)CO5)ncnc2n1. The quantitative estimate of drug-likeness (QED) is 0.209. The van der Waals surface area contributed by atoms with Gasteiger partial charge in [-0.2, -0.15) is 5.10 Å². The minimum absolute atomic E-state index is 0.0397. The maximum Gasteiger partial charge on any atom is 0.286 e. The Morgan fingerprint density at radius 1 is 1.15 bits per heavy atom. The summed E-state index contributed by atoms with van der Waals surface area (Å²) in [6.45, 7) is 5.05. The number of aromatic nitrogens is 4. The average molecular weight is 774 g/mol. The molecule has 6 atom stereocenters. The predicted molar refractivity (Wildman–Crippen MR) is 211 cm³/mol. The van der Waals surface area contributed by atoms with E-state index in [9.17, 15) is 9.00 Å². The number of benzene rings is 2. The molecule has 0 unspecified atom stereocenters. The van der Waals surface area contributed by atoms with E-state index in [4.69, 9.17) is 25.8 Å². The summed E-state index contributed by atoms with van der Waals surface area (Å²) < 4.78 is 42.3. The van der Waals surface area contributed by atoms with Gasteiger partial charge in [0.15, 0.2) is 11.5 Å². The monoisotopic (exact) mass is 773 g/mol. The molecule has 4 aromatic rings. The standard InChI is InChI=1S/C40H48ClN7O5S/c1-26-6-4-8-35(52-3)31-12-9-29(31)20-47-23-40(15-5-7-27-18-30(41)11-13-33(27)40)24-53-36-14-10-28(19-34(36)47)39(49)46-54(50,22-26)45-38-32-21-48(16-17-51-2)44-37(32)42-25-43-38/h4,8,10-11,13-14,18-19,21,25-26,29,31,35H,5-7,9,12,15-17,20,22-24H2,1-3H3,(H,42,43,44,45,46,49,50)/b8-4+/t26-,29-,31+,35-,40-,54+/m0/s1. The summed E-state index contributed by atoms with van der Waals surface area (Å²) in [7, 11) is 0.0210. The molecule has 4 aliphatic rings. The number of amides is 1. The summed E-state index contributed by atoms with van der Waals surface area (Å²) in [4.78, 5) is 25.4. The smallest absolute Gasteiger partial charge is 0.286 e. The summed E-state index contributed by atoms with van der Waals surface area (Å²) in [6, 6.07) is 11.8. The van der Waals surface area contributed by atoms with E-state index in [1.165, 1.54) is 17.5 Å². The molecule has 2 aromatic carbocycles. The lowest BCUT2D eigenvalue weighted by molar-refractivity contribution is 0.0131. The van der Waals surface area contributed by atoms with Gasteiger partial charge in [-0.05, 0) is 97.7 Å². The fourth-order valence-electron chi connectivity index (χ4n) is 8.78. The van der Waals surface area contributed by atoms with Crippen LogP contribution in [-0.2, 0) is 37.8 Å². The van der Waals surface area contributed by atoms with Gasteiger partial charge in [0.05, 0.1) is 42.7 Å². The lowest BCUT2D eigenvalue weighted by atomic mass is 9.68. The molecule has 54 heavy (non-hydrogen) atoms. The number of methoxy groups -OCH3 is 2. The number of aryl methyl sites for hydroxylation is 1. The van der Waals surface area contributed by atoms with Gasteiger partial charge in [-0.3, -0.25) is 14.2 Å². The van der Waals surface area contributed by atoms with Gasteiger partial charge in [-0.1, -0.05) is 36.7 Å². The molecule has 4 heterocycles. The van der Waals surface area contributed by atoms with Gasteiger partial charge in [0.2, 0.25) is 0 Å². The van der Waals surface area contributed by atoms with E-state index in [0.29, 0.717) is 60.4 Å². The molecular formula is C40H48ClN7O5S. The van der Waals surface area contributed by atoms with Gasteiger partial charge in [-0.15, -0.1) is 4.36 Å². The highest BCUT2D eigenvalue weighted by Gasteiger charge is 2.44. The van der Waals surface area contributed by atoms with Crippen LogP contribution in [0.15, 0.2) is 65.4 Å². The van der Waals surface area contributed by atoms with Gasteiger partial charge in [0.25, 0.3) is 5.91 Å². The fourth-order valence-corrected chi connectivity index (χ4v) is 10.9. The summed E-state index contributed by atoms with van der Waals surface area (Å²) in [5.41, 5.74) is 3.96. The average Bonchev–Trinajstić information content (AvgIpc) is 3.50. The van der Waals surface area contributed by atoms with Crippen molar-refractivity contribution in [2.24, 2.45) is 22.1 Å². The first-order valence-electron chi connectivity index (χ1n) is 18.9. The van der Waals surface area contributed by atoms with Crippen molar-refractivity contribution in [1.29, 1.82) is 0 Å². The minimum Gasteiger partial charge on any atom is -0.490 e. The van der Waals surface area contributed by atoms with E-state index in [1.54, 1.807) is 31.2 Å². The van der Waals surface area contributed by atoms with Crippen LogP contribution in [0.2, 0.25) is 5.02 Å². The van der Waals surface area contributed by atoms with E-state index in [2.05, 4.69) is 53.3 Å². The number of nitrogens with zero attached hydrogens (tertiary/aromatic N) is 6. The zero-order valence-corrected chi connectivity index (χ0v) is 32.7. The second kappa shape index (κ2) is 15.2. The van der Waals surface area contributed by atoms with Crippen LogP contribution in [-0.4, -0.2) is 82.2 Å². The van der Waals surface area contributed by atoms with Crippen LogP contribution in [0.5, 0.6) is 5.75 Å². The van der Waals surface area contributed by atoms with E-state index < -0.39 is 15.8 Å².